The maximum Gasteiger partial charge on any atom is 0.0338 e. The molecule has 2 saturated carbocycles. The molecule has 1 heterocycles. The van der Waals surface area contributed by atoms with E-state index in [1.165, 1.54) is 63.6 Å². The highest BCUT2D eigenvalue weighted by atomic mass is 15.3. The third kappa shape index (κ3) is 2.72. The number of hydrogen-bond donors (Lipinski definition) is 1. The van der Waals surface area contributed by atoms with Gasteiger partial charge in [-0.25, -0.2) is 0 Å². The first-order valence-corrected chi connectivity index (χ1v) is 9.24. The second kappa shape index (κ2) is 5.65. The van der Waals surface area contributed by atoms with Crippen LogP contribution in [0.1, 0.15) is 57.4 Å². The van der Waals surface area contributed by atoms with Crippen LogP contribution >= 0.6 is 0 Å². The van der Waals surface area contributed by atoms with Gasteiger partial charge in [0.2, 0.25) is 0 Å². The second-order valence-electron chi connectivity index (χ2n) is 8.17. The highest BCUT2D eigenvalue weighted by Crippen LogP contribution is 2.45. The van der Waals surface area contributed by atoms with Crippen molar-refractivity contribution >= 4 is 0 Å². The molecule has 0 bridgehead atoms. The number of hydrogen-bond acceptors (Lipinski definition) is 2. The van der Waals surface area contributed by atoms with Gasteiger partial charge in [0.1, 0.15) is 0 Å². The van der Waals surface area contributed by atoms with Gasteiger partial charge in [-0.3, -0.25) is 4.90 Å². The lowest BCUT2D eigenvalue weighted by Gasteiger charge is -2.56. The molecule has 1 unspecified atom stereocenters. The minimum atomic E-state index is 0.345. The van der Waals surface area contributed by atoms with Crippen molar-refractivity contribution in [3.05, 3.63) is 35.9 Å². The Labute approximate surface area is 135 Å². The predicted molar refractivity (Wildman–Crippen MR) is 91.8 cm³/mol. The van der Waals surface area contributed by atoms with Crippen LogP contribution in [0.3, 0.4) is 0 Å². The summed E-state index contributed by atoms with van der Waals surface area (Å²) >= 11 is 0. The average Bonchev–Trinajstić information content (AvgIpc) is 3.39. The van der Waals surface area contributed by atoms with Crippen LogP contribution in [0.5, 0.6) is 0 Å². The molecule has 0 amide bonds. The average molecular weight is 298 g/mol. The summed E-state index contributed by atoms with van der Waals surface area (Å²) in [6, 6.07) is 11.1. The third-order valence-electron chi connectivity index (χ3n) is 6.49. The van der Waals surface area contributed by atoms with E-state index in [-0.39, 0.29) is 0 Å². The molecular formula is C20H30N2. The van der Waals surface area contributed by atoms with Gasteiger partial charge in [-0.15, -0.1) is 0 Å². The molecule has 1 aromatic rings. The Hall–Kier alpha value is -0.860. The number of benzene rings is 1. The molecular weight excluding hydrogens is 268 g/mol. The topological polar surface area (TPSA) is 15.3 Å². The molecule has 22 heavy (non-hydrogen) atoms. The van der Waals surface area contributed by atoms with Gasteiger partial charge in [0, 0.05) is 30.7 Å². The van der Waals surface area contributed by atoms with Crippen molar-refractivity contribution in [2.75, 3.05) is 13.1 Å². The van der Waals surface area contributed by atoms with E-state index in [2.05, 4.69) is 47.5 Å². The van der Waals surface area contributed by atoms with Gasteiger partial charge in [-0.1, -0.05) is 49.6 Å². The zero-order valence-corrected chi connectivity index (χ0v) is 14.0. The molecule has 1 spiro atoms. The fourth-order valence-electron chi connectivity index (χ4n) is 4.82. The van der Waals surface area contributed by atoms with Crippen LogP contribution in [0.4, 0.5) is 0 Å². The molecule has 1 atom stereocenters. The molecule has 2 heteroatoms. The zero-order valence-electron chi connectivity index (χ0n) is 14.0. The molecule has 0 radical (unpaired) electrons. The van der Waals surface area contributed by atoms with E-state index < -0.39 is 0 Å². The summed E-state index contributed by atoms with van der Waals surface area (Å²) in [6.45, 7) is 6.03. The van der Waals surface area contributed by atoms with Gasteiger partial charge in [-0.05, 0) is 44.1 Å². The fourth-order valence-corrected chi connectivity index (χ4v) is 4.82. The molecule has 4 rings (SSSR count). The number of nitrogens with zero attached hydrogens (tertiary/aromatic N) is 1. The minimum Gasteiger partial charge on any atom is -0.308 e. The van der Waals surface area contributed by atoms with Crippen LogP contribution in [-0.4, -0.2) is 29.1 Å². The van der Waals surface area contributed by atoms with Crippen molar-refractivity contribution in [2.24, 2.45) is 5.92 Å². The summed E-state index contributed by atoms with van der Waals surface area (Å²) in [6.07, 6.45) is 9.87. The lowest BCUT2D eigenvalue weighted by atomic mass is 9.75. The predicted octanol–water partition coefficient (Wildman–Crippen LogP) is 3.96. The van der Waals surface area contributed by atoms with Crippen molar-refractivity contribution in [3.8, 4) is 0 Å². The van der Waals surface area contributed by atoms with E-state index in [0.717, 1.165) is 12.5 Å². The largest absolute Gasteiger partial charge is 0.308 e. The third-order valence-corrected chi connectivity index (χ3v) is 6.49. The molecule has 2 nitrogen and oxygen atoms in total. The molecule has 1 aliphatic heterocycles. The van der Waals surface area contributed by atoms with E-state index in [1.807, 2.05) is 0 Å². The fraction of sp³-hybridized carbons (Fsp3) is 0.700. The number of rotatable bonds is 3. The van der Waals surface area contributed by atoms with Crippen LogP contribution in [0, 0.1) is 5.92 Å². The first-order chi connectivity index (χ1) is 10.7. The highest BCUT2D eigenvalue weighted by Gasteiger charge is 2.51. The van der Waals surface area contributed by atoms with Crippen LogP contribution in [0.15, 0.2) is 30.3 Å². The second-order valence-corrected chi connectivity index (χ2v) is 8.17. The summed E-state index contributed by atoms with van der Waals surface area (Å²) in [7, 11) is 0. The van der Waals surface area contributed by atoms with E-state index in [4.69, 9.17) is 0 Å². The van der Waals surface area contributed by atoms with Gasteiger partial charge in [-0.2, -0.15) is 0 Å². The molecule has 1 aromatic carbocycles. The van der Waals surface area contributed by atoms with Gasteiger partial charge in [0.15, 0.2) is 0 Å². The lowest BCUT2D eigenvalue weighted by molar-refractivity contribution is -0.0265. The monoisotopic (exact) mass is 298 g/mol. The van der Waals surface area contributed by atoms with Crippen LogP contribution < -0.4 is 5.32 Å². The maximum atomic E-state index is 3.99. The van der Waals surface area contributed by atoms with Crippen molar-refractivity contribution in [1.29, 1.82) is 0 Å². The number of piperazine rings is 1. The molecule has 3 fully saturated rings. The van der Waals surface area contributed by atoms with Crippen molar-refractivity contribution < 1.29 is 0 Å². The molecule has 120 valence electrons. The standard InChI is InChI=1S/C20H30N2/c1-19(18-10-11-18)16-22(14-17-8-4-2-5-9-17)20(15-21-19)12-6-3-7-13-20/h2,4-5,8-9,18,21H,3,6-7,10-16H2,1H3. The van der Waals surface area contributed by atoms with Crippen molar-refractivity contribution in [2.45, 2.75) is 69.5 Å². The zero-order chi connectivity index (χ0) is 15.0. The van der Waals surface area contributed by atoms with Gasteiger partial charge < -0.3 is 5.32 Å². The summed E-state index contributed by atoms with van der Waals surface area (Å²) in [4.78, 5) is 2.86. The smallest absolute Gasteiger partial charge is 0.0338 e. The molecule has 0 aromatic heterocycles. The summed E-state index contributed by atoms with van der Waals surface area (Å²) in [5, 5.41) is 3.99. The van der Waals surface area contributed by atoms with E-state index in [0.29, 0.717) is 11.1 Å². The van der Waals surface area contributed by atoms with Crippen LogP contribution in [0.2, 0.25) is 0 Å². The highest BCUT2D eigenvalue weighted by molar-refractivity contribution is 5.17. The Bertz CT molecular complexity index is 502. The van der Waals surface area contributed by atoms with E-state index in [1.54, 1.807) is 0 Å². The van der Waals surface area contributed by atoms with Crippen molar-refractivity contribution in [1.82, 2.24) is 10.2 Å². The van der Waals surface area contributed by atoms with Crippen molar-refractivity contribution in [3.63, 3.8) is 0 Å². The first-order valence-electron chi connectivity index (χ1n) is 9.24. The van der Waals surface area contributed by atoms with Gasteiger partial charge >= 0.3 is 0 Å². The Morgan fingerprint density at radius 3 is 2.50 bits per heavy atom. The molecule has 2 aliphatic carbocycles. The number of nitrogens with one attached hydrogen (secondary N) is 1. The van der Waals surface area contributed by atoms with Gasteiger partial charge in [0.05, 0.1) is 0 Å². The summed E-state index contributed by atoms with van der Waals surface area (Å²) in [5.41, 5.74) is 2.24. The SMILES string of the molecule is CC1(C2CC2)CN(Cc2ccccc2)C2(CCCCC2)CN1. The minimum absolute atomic E-state index is 0.345. The van der Waals surface area contributed by atoms with Crippen LogP contribution in [-0.2, 0) is 6.54 Å². The lowest BCUT2D eigenvalue weighted by Crippen LogP contribution is -2.70. The summed E-state index contributed by atoms with van der Waals surface area (Å²) in [5.74, 6) is 0.909. The quantitative estimate of drug-likeness (QED) is 0.908. The Kier molecular flexibility index (Phi) is 3.78. The molecule has 1 saturated heterocycles. The Balaban J connectivity index is 1.58. The van der Waals surface area contributed by atoms with Crippen LogP contribution in [0.25, 0.3) is 0 Å². The van der Waals surface area contributed by atoms with Gasteiger partial charge in [0.25, 0.3) is 0 Å². The first kappa shape index (κ1) is 14.7. The molecule has 3 aliphatic rings. The Morgan fingerprint density at radius 1 is 1.09 bits per heavy atom. The van der Waals surface area contributed by atoms with E-state index in [9.17, 15) is 0 Å². The Morgan fingerprint density at radius 2 is 1.82 bits per heavy atom. The van der Waals surface area contributed by atoms with E-state index >= 15 is 0 Å². The normalized spacial score (nSPS) is 32.2. The molecule has 1 N–H and O–H groups in total. The summed E-state index contributed by atoms with van der Waals surface area (Å²) < 4.78 is 0. The maximum absolute atomic E-state index is 3.99.